The van der Waals surface area contributed by atoms with E-state index in [9.17, 15) is 4.39 Å². The van der Waals surface area contributed by atoms with E-state index in [1.54, 1.807) is 7.11 Å². The Kier molecular flexibility index (Phi) is 4.69. The first kappa shape index (κ1) is 15.3. The van der Waals surface area contributed by atoms with Crippen LogP contribution in [0.5, 0.6) is 5.75 Å². The summed E-state index contributed by atoms with van der Waals surface area (Å²) in [6.45, 7) is 4.65. The minimum atomic E-state index is -0.173. The average Bonchev–Trinajstić information content (AvgIpc) is 2.42. The van der Waals surface area contributed by atoms with Gasteiger partial charge in [-0.05, 0) is 50.1 Å². The molecule has 3 heteroatoms. The maximum atomic E-state index is 14.3. The smallest absolute Gasteiger partial charge is 0.131 e. The van der Waals surface area contributed by atoms with E-state index < -0.39 is 0 Å². The first-order valence-electron chi connectivity index (χ1n) is 7.47. The Hall–Kier alpha value is -1.09. The summed E-state index contributed by atoms with van der Waals surface area (Å²) >= 11 is 0. The van der Waals surface area contributed by atoms with Gasteiger partial charge < -0.3 is 10.1 Å². The number of rotatable bonds is 4. The van der Waals surface area contributed by atoms with Gasteiger partial charge in [-0.2, -0.15) is 0 Å². The van der Waals surface area contributed by atoms with E-state index in [1.807, 2.05) is 19.2 Å². The van der Waals surface area contributed by atoms with Gasteiger partial charge in [0.1, 0.15) is 11.6 Å². The molecule has 2 rings (SSSR count). The Morgan fingerprint density at radius 2 is 1.95 bits per heavy atom. The van der Waals surface area contributed by atoms with Crippen molar-refractivity contribution in [3.8, 4) is 5.75 Å². The van der Waals surface area contributed by atoms with E-state index in [2.05, 4.69) is 19.2 Å². The highest BCUT2D eigenvalue weighted by atomic mass is 19.1. The van der Waals surface area contributed by atoms with Crippen molar-refractivity contribution in [3.05, 3.63) is 29.6 Å². The van der Waals surface area contributed by atoms with E-state index in [0.717, 1.165) is 18.4 Å². The molecule has 0 bridgehead atoms. The highest BCUT2D eigenvalue weighted by Gasteiger charge is 2.32. The van der Waals surface area contributed by atoms with Crippen LogP contribution in [0.1, 0.15) is 51.1 Å². The van der Waals surface area contributed by atoms with E-state index in [-0.39, 0.29) is 11.9 Å². The van der Waals surface area contributed by atoms with E-state index >= 15 is 0 Å². The van der Waals surface area contributed by atoms with Crippen LogP contribution in [-0.2, 0) is 0 Å². The summed E-state index contributed by atoms with van der Waals surface area (Å²) in [5.74, 6) is 0.912. The lowest BCUT2D eigenvalue weighted by atomic mass is 9.70. The minimum absolute atomic E-state index is 0.0945. The predicted octanol–water partition coefficient (Wildman–Crippen LogP) is 4.31. The van der Waals surface area contributed by atoms with Crippen LogP contribution in [0.25, 0.3) is 0 Å². The van der Waals surface area contributed by atoms with Gasteiger partial charge in [-0.3, -0.25) is 0 Å². The van der Waals surface area contributed by atoms with Gasteiger partial charge in [-0.25, -0.2) is 4.39 Å². The maximum Gasteiger partial charge on any atom is 0.131 e. The van der Waals surface area contributed by atoms with Gasteiger partial charge in [-0.1, -0.05) is 19.9 Å². The number of ether oxygens (including phenoxy) is 1. The summed E-state index contributed by atoms with van der Waals surface area (Å²) in [6.07, 6.45) is 4.75. The Morgan fingerprint density at radius 1 is 1.30 bits per heavy atom. The third-order valence-corrected chi connectivity index (χ3v) is 4.71. The molecule has 112 valence electrons. The second kappa shape index (κ2) is 6.13. The molecule has 0 aliphatic heterocycles. The van der Waals surface area contributed by atoms with Gasteiger partial charge >= 0.3 is 0 Å². The fraction of sp³-hybridized carbons (Fsp3) is 0.647. The number of benzene rings is 1. The highest BCUT2D eigenvalue weighted by molar-refractivity contribution is 5.31. The lowest BCUT2D eigenvalue weighted by Gasteiger charge is -2.38. The molecule has 1 N–H and O–H groups in total. The van der Waals surface area contributed by atoms with Crippen molar-refractivity contribution in [2.45, 2.75) is 45.6 Å². The molecule has 0 amide bonds. The second-order valence-electron chi connectivity index (χ2n) is 6.66. The zero-order valence-corrected chi connectivity index (χ0v) is 13.0. The van der Waals surface area contributed by atoms with Crippen molar-refractivity contribution in [2.24, 2.45) is 11.3 Å². The molecule has 1 aliphatic carbocycles. The fourth-order valence-electron chi connectivity index (χ4n) is 3.29. The number of hydrogen-bond acceptors (Lipinski definition) is 2. The quantitative estimate of drug-likeness (QED) is 0.886. The molecule has 1 aliphatic rings. The van der Waals surface area contributed by atoms with Crippen molar-refractivity contribution >= 4 is 0 Å². The van der Waals surface area contributed by atoms with Crippen LogP contribution in [0, 0.1) is 17.2 Å². The lowest BCUT2D eigenvalue weighted by Crippen LogP contribution is -2.31. The Morgan fingerprint density at radius 3 is 2.45 bits per heavy atom. The van der Waals surface area contributed by atoms with Crippen LogP contribution in [0.3, 0.4) is 0 Å². The van der Waals surface area contributed by atoms with Gasteiger partial charge in [0.25, 0.3) is 0 Å². The molecule has 1 unspecified atom stereocenters. The van der Waals surface area contributed by atoms with Crippen LogP contribution < -0.4 is 10.1 Å². The monoisotopic (exact) mass is 279 g/mol. The molecule has 20 heavy (non-hydrogen) atoms. The predicted molar refractivity (Wildman–Crippen MR) is 80.5 cm³/mol. The van der Waals surface area contributed by atoms with Crippen molar-refractivity contribution in [1.82, 2.24) is 5.32 Å². The largest absolute Gasteiger partial charge is 0.497 e. The van der Waals surface area contributed by atoms with Crippen molar-refractivity contribution < 1.29 is 9.13 Å². The van der Waals surface area contributed by atoms with Gasteiger partial charge in [-0.15, -0.1) is 0 Å². The van der Waals surface area contributed by atoms with Gasteiger partial charge in [0.05, 0.1) is 7.11 Å². The van der Waals surface area contributed by atoms with E-state index in [4.69, 9.17) is 4.74 Å². The average molecular weight is 279 g/mol. The Labute approximate surface area is 121 Å². The summed E-state index contributed by atoms with van der Waals surface area (Å²) in [6, 6.07) is 5.27. The normalized spacial score (nSPS) is 20.6. The van der Waals surface area contributed by atoms with Crippen LogP contribution in [0.2, 0.25) is 0 Å². The maximum absolute atomic E-state index is 14.3. The fourth-order valence-corrected chi connectivity index (χ4v) is 3.29. The molecule has 0 radical (unpaired) electrons. The molecule has 2 nitrogen and oxygen atoms in total. The van der Waals surface area contributed by atoms with Crippen LogP contribution in [-0.4, -0.2) is 14.2 Å². The molecular weight excluding hydrogens is 253 g/mol. The zero-order chi connectivity index (χ0) is 14.8. The summed E-state index contributed by atoms with van der Waals surface area (Å²) < 4.78 is 19.3. The van der Waals surface area contributed by atoms with Crippen molar-refractivity contribution in [3.63, 3.8) is 0 Å². The van der Waals surface area contributed by atoms with Gasteiger partial charge in [0.15, 0.2) is 0 Å². The van der Waals surface area contributed by atoms with Crippen molar-refractivity contribution in [1.29, 1.82) is 0 Å². The van der Waals surface area contributed by atoms with Crippen LogP contribution in [0.4, 0.5) is 4.39 Å². The molecule has 1 saturated carbocycles. The number of methoxy groups -OCH3 is 1. The van der Waals surface area contributed by atoms with E-state index in [0.29, 0.717) is 17.1 Å². The first-order valence-corrected chi connectivity index (χ1v) is 7.47. The molecule has 0 spiro atoms. The summed E-state index contributed by atoms with van der Waals surface area (Å²) in [5.41, 5.74) is 1.20. The van der Waals surface area contributed by atoms with Gasteiger partial charge in [0, 0.05) is 17.7 Å². The van der Waals surface area contributed by atoms with Crippen LogP contribution in [0.15, 0.2) is 18.2 Å². The molecule has 0 saturated heterocycles. The Balaban J connectivity index is 2.16. The molecular formula is C17H26FNO. The second-order valence-corrected chi connectivity index (χ2v) is 6.66. The topological polar surface area (TPSA) is 21.3 Å². The molecule has 1 aromatic rings. The number of nitrogens with one attached hydrogen (secondary N) is 1. The molecule has 1 fully saturated rings. The number of halogens is 1. The SMILES string of the molecule is CNC(c1ccc(OC)cc1F)C1CCC(C)(C)CC1. The molecule has 1 aromatic carbocycles. The third-order valence-electron chi connectivity index (χ3n) is 4.71. The third kappa shape index (κ3) is 3.32. The zero-order valence-electron chi connectivity index (χ0n) is 13.0. The molecule has 0 aromatic heterocycles. The summed E-state index contributed by atoms with van der Waals surface area (Å²) in [5, 5.41) is 3.31. The van der Waals surface area contributed by atoms with Crippen LogP contribution >= 0.6 is 0 Å². The molecule has 1 atom stereocenters. The molecule has 0 heterocycles. The summed E-state index contributed by atoms with van der Waals surface area (Å²) in [7, 11) is 3.49. The van der Waals surface area contributed by atoms with E-state index in [1.165, 1.54) is 18.9 Å². The summed E-state index contributed by atoms with van der Waals surface area (Å²) in [4.78, 5) is 0. The van der Waals surface area contributed by atoms with Crippen molar-refractivity contribution in [2.75, 3.05) is 14.2 Å². The van der Waals surface area contributed by atoms with Gasteiger partial charge in [0.2, 0.25) is 0 Å². The minimum Gasteiger partial charge on any atom is -0.497 e. The lowest BCUT2D eigenvalue weighted by molar-refractivity contribution is 0.163. The number of hydrogen-bond donors (Lipinski definition) is 1. The Bertz CT molecular complexity index is 448. The highest BCUT2D eigenvalue weighted by Crippen LogP contribution is 2.43. The standard InChI is InChI=1S/C17H26FNO/c1-17(2)9-7-12(8-10-17)16(19-3)14-6-5-13(20-4)11-15(14)18/h5-6,11-12,16,19H,7-10H2,1-4H3. The first-order chi connectivity index (χ1) is 9.46.